The summed E-state index contributed by atoms with van der Waals surface area (Å²) in [6.07, 6.45) is 9.21. The van der Waals surface area contributed by atoms with Gasteiger partial charge in [-0.15, -0.1) is 5.10 Å². The average molecular weight is 478 g/mol. The van der Waals surface area contributed by atoms with Crippen LogP contribution in [-0.2, 0) is 15.9 Å². The number of aromatic nitrogens is 4. The minimum atomic E-state index is 0.241. The molecule has 186 valence electrons. The van der Waals surface area contributed by atoms with Crippen molar-refractivity contribution >= 4 is 22.9 Å². The Labute approximate surface area is 206 Å². The van der Waals surface area contributed by atoms with E-state index in [1.165, 1.54) is 0 Å². The summed E-state index contributed by atoms with van der Waals surface area (Å²) >= 11 is 0. The number of fused-ring (bicyclic) bond motifs is 2. The normalized spacial score (nSPS) is 22.1. The molecule has 2 aliphatic rings. The van der Waals surface area contributed by atoms with Crippen molar-refractivity contribution in [3.05, 3.63) is 36.3 Å². The van der Waals surface area contributed by atoms with Gasteiger partial charge in [0.1, 0.15) is 0 Å². The van der Waals surface area contributed by atoms with E-state index in [1.807, 2.05) is 23.0 Å². The number of nitrogens with one attached hydrogen (secondary N) is 2. The molecule has 0 bridgehead atoms. The van der Waals surface area contributed by atoms with E-state index in [9.17, 15) is 0 Å². The van der Waals surface area contributed by atoms with Gasteiger partial charge in [-0.05, 0) is 57.4 Å². The fourth-order valence-corrected chi connectivity index (χ4v) is 5.01. The maximum absolute atomic E-state index is 5.88. The number of hydrogen-bond donors (Lipinski definition) is 2. The van der Waals surface area contributed by atoms with Crippen LogP contribution in [-0.4, -0.2) is 70.3 Å². The first-order valence-corrected chi connectivity index (χ1v) is 12.6. The molecular formula is C26H35N7O2. The number of anilines is 1. The lowest BCUT2D eigenvalue weighted by molar-refractivity contribution is -0.00158. The Balaban J connectivity index is 1.27. The number of pyridine rings is 1. The molecule has 1 fully saturated rings. The van der Waals surface area contributed by atoms with Crippen LogP contribution in [0.1, 0.15) is 45.2 Å². The molecule has 0 saturated heterocycles. The highest BCUT2D eigenvalue weighted by atomic mass is 16.5. The summed E-state index contributed by atoms with van der Waals surface area (Å²) < 4.78 is 12.8. The SMILES string of the molecule is CCN[C@H]1Cc2nc(-c3ccn4nc(NC5CCC(OCCOC)CC5)ncc34)ccc2N=C1C. The molecule has 9 nitrogen and oxygen atoms in total. The molecule has 0 radical (unpaired) electrons. The standard InChI is InChI=1S/C26H35N7O2/c1-4-27-23-15-24-22(29-17(23)2)10-9-21(31-24)20-11-12-33-25(20)16-28-26(32-33)30-18-5-7-19(8-6-18)35-14-13-34-3/h9-12,16,18-19,23,27H,4-8,13-15H2,1-3H3,(H,30,32)/t18?,19?,23-/m0/s1. The molecule has 9 heteroatoms. The molecule has 0 aromatic carbocycles. The second kappa shape index (κ2) is 10.8. The molecule has 4 heterocycles. The van der Waals surface area contributed by atoms with Crippen LogP contribution in [0.3, 0.4) is 0 Å². The number of methoxy groups -OCH3 is 1. The Morgan fingerprint density at radius 2 is 1.97 bits per heavy atom. The lowest BCUT2D eigenvalue weighted by Gasteiger charge is -2.29. The van der Waals surface area contributed by atoms with Crippen LogP contribution in [0, 0.1) is 0 Å². The van der Waals surface area contributed by atoms with Gasteiger partial charge in [-0.2, -0.15) is 0 Å². The van der Waals surface area contributed by atoms with Gasteiger partial charge in [0.25, 0.3) is 0 Å². The smallest absolute Gasteiger partial charge is 0.241 e. The fraction of sp³-hybridized carbons (Fsp3) is 0.538. The van der Waals surface area contributed by atoms with Crippen molar-refractivity contribution < 1.29 is 9.47 Å². The minimum absolute atomic E-state index is 0.241. The number of hydrogen-bond acceptors (Lipinski definition) is 8. The second-order valence-corrected chi connectivity index (χ2v) is 9.35. The lowest BCUT2D eigenvalue weighted by Crippen LogP contribution is -2.38. The highest BCUT2D eigenvalue weighted by Crippen LogP contribution is 2.30. The molecule has 2 N–H and O–H groups in total. The summed E-state index contributed by atoms with van der Waals surface area (Å²) in [5, 5.41) is 11.7. The third-order valence-electron chi connectivity index (χ3n) is 6.94. The Hall–Kier alpha value is -2.88. The van der Waals surface area contributed by atoms with Gasteiger partial charge < -0.3 is 20.1 Å². The Morgan fingerprint density at radius 1 is 1.11 bits per heavy atom. The highest BCUT2D eigenvalue weighted by molar-refractivity contribution is 5.92. The van der Waals surface area contributed by atoms with Crippen LogP contribution in [0.2, 0.25) is 0 Å². The van der Waals surface area contributed by atoms with E-state index in [2.05, 4.69) is 41.6 Å². The molecule has 1 aliphatic heterocycles. The van der Waals surface area contributed by atoms with E-state index in [-0.39, 0.29) is 6.04 Å². The van der Waals surface area contributed by atoms with Crippen LogP contribution in [0.5, 0.6) is 0 Å². The third kappa shape index (κ3) is 5.37. The third-order valence-corrected chi connectivity index (χ3v) is 6.94. The number of likely N-dealkylation sites (N-methyl/N-ethyl adjacent to an activating group) is 1. The van der Waals surface area contributed by atoms with Crippen molar-refractivity contribution in [3.63, 3.8) is 0 Å². The van der Waals surface area contributed by atoms with E-state index in [1.54, 1.807) is 7.11 Å². The van der Waals surface area contributed by atoms with Crippen LogP contribution in [0.15, 0.2) is 35.6 Å². The van der Waals surface area contributed by atoms with E-state index < -0.39 is 0 Å². The highest BCUT2D eigenvalue weighted by Gasteiger charge is 2.23. The summed E-state index contributed by atoms with van der Waals surface area (Å²) in [5.41, 5.74) is 6.00. The zero-order valence-electron chi connectivity index (χ0n) is 20.8. The summed E-state index contributed by atoms with van der Waals surface area (Å²) in [5.74, 6) is 0.653. The Kier molecular flexibility index (Phi) is 7.36. The molecule has 35 heavy (non-hydrogen) atoms. The predicted octanol–water partition coefficient (Wildman–Crippen LogP) is 3.80. The number of aliphatic imine (C=N–C) groups is 1. The molecular weight excluding hydrogens is 442 g/mol. The van der Waals surface area contributed by atoms with Gasteiger partial charge in [0.15, 0.2) is 0 Å². The molecule has 5 rings (SSSR count). The van der Waals surface area contributed by atoms with Gasteiger partial charge in [0, 0.05) is 37.0 Å². The number of nitrogens with zero attached hydrogens (tertiary/aromatic N) is 5. The van der Waals surface area contributed by atoms with Gasteiger partial charge in [0.2, 0.25) is 5.95 Å². The first-order chi connectivity index (χ1) is 17.1. The zero-order chi connectivity index (χ0) is 24.2. The van der Waals surface area contributed by atoms with Gasteiger partial charge >= 0.3 is 0 Å². The Bertz CT molecular complexity index is 1180. The fourth-order valence-electron chi connectivity index (χ4n) is 5.01. The lowest BCUT2D eigenvalue weighted by atomic mass is 9.93. The largest absolute Gasteiger partial charge is 0.382 e. The van der Waals surface area contributed by atoms with Crippen molar-refractivity contribution in [2.75, 3.05) is 32.2 Å². The van der Waals surface area contributed by atoms with Gasteiger partial charge in [-0.25, -0.2) is 9.50 Å². The van der Waals surface area contributed by atoms with Crippen LogP contribution >= 0.6 is 0 Å². The average Bonchev–Trinajstić information content (AvgIpc) is 3.29. The van der Waals surface area contributed by atoms with Gasteiger partial charge in [-0.3, -0.25) is 9.98 Å². The van der Waals surface area contributed by atoms with Crippen molar-refractivity contribution in [2.24, 2.45) is 4.99 Å². The maximum atomic E-state index is 5.88. The monoisotopic (exact) mass is 477 g/mol. The summed E-state index contributed by atoms with van der Waals surface area (Å²) in [7, 11) is 1.70. The molecule has 1 aliphatic carbocycles. The second-order valence-electron chi connectivity index (χ2n) is 9.35. The summed E-state index contributed by atoms with van der Waals surface area (Å²) in [6, 6.07) is 6.77. The first kappa shape index (κ1) is 23.8. The first-order valence-electron chi connectivity index (χ1n) is 12.6. The van der Waals surface area contributed by atoms with Crippen molar-refractivity contribution in [1.82, 2.24) is 24.9 Å². The van der Waals surface area contributed by atoms with Crippen molar-refractivity contribution in [1.29, 1.82) is 0 Å². The van der Waals surface area contributed by atoms with E-state index in [0.29, 0.717) is 31.3 Å². The molecule has 1 saturated carbocycles. The van der Waals surface area contributed by atoms with E-state index in [0.717, 1.165) is 72.5 Å². The molecule has 3 aromatic heterocycles. The summed E-state index contributed by atoms with van der Waals surface area (Å²) in [4.78, 5) is 14.4. The topological polar surface area (TPSA) is 98.0 Å². The Morgan fingerprint density at radius 3 is 2.77 bits per heavy atom. The van der Waals surface area contributed by atoms with Crippen LogP contribution < -0.4 is 10.6 Å². The van der Waals surface area contributed by atoms with E-state index in [4.69, 9.17) is 24.5 Å². The molecule has 0 unspecified atom stereocenters. The molecule has 3 aromatic rings. The minimum Gasteiger partial charge on any atom is -0.382 e. The van der Waals surface area contributed by atoms with Crippen LogP contribution in [0.25, 0.3) is 16.8 Å². The van der Waals surface area contributed by atoms with Gasteiger partial charge in [-0.1, -0.05) is 6.92 Å². The van der Waals surface area contributed by atoms with Gasteiger partial charge in [0.05, 0.1) is 54.1 Å². The number of rotatable bonds is 9. The molecule has 0 amide bonds. The van der Waals surface area contributed by atoms with Crippen molar-refractivity contribution in [3.8, 4) is 11.3 Å². The number of ether oxygens (including phenoxy) is 2. The van der Waals surface area contributed by atoms with E-state index >= 15 is 0 Å². The van der Waals surface area contributed by atoms with Crippen LogP contribution in [0.4, 0.5) is 11.6 Å². The maximum Gasteiger partial charge on any atom is 0.241 e. The molecule has 1 atom stereocenters. The zero-order valence-corrected chi connectivity index (χ0v) is 20.8. The van der Waals surface area contributed by atoms with Crippen molar-refractivity contribution in [2.45, 2.75) is 64.1 Å². The predicted molar refractivity (Wildman–Crippen MR) is 138 cm³/mol. The quantitative estimate of drug-likeness (QED) is 0.452. The summed E-state index contributed by atoms with van der Waals surface area (Å²) in [6.45, 7) is 6.42. The molecule has 0 spiro atoms.